The molecule has 2 aromatic rings. The number of hydrogen-bond donors (Lipinski definition) is 2. The molecule has 3 heterocycles. The normalized spacial score (nSPS) is 22.3. The Morgan fingerprint density at radius 3 is 2.87 bits per heavy atom. The van der Waals surface area contributed by atoms with Crippen LogP contribution in [0.3, 0.4) is 0 Å². The minimum Gasteiger partial charge on any atom is -0.306 e. The third-order valence-corrected chi connectivity index (χ3v) is 7.72. The van der Waals surface area contributed by atoms with Gasteiger partial charge in [0, 0.05) is 17.9 Å². The van der Waals surface area contributed by atoms with Crippen LogP contribution >= 0.6 is 0 Å². The average molecular weight is 434 g/mol. The molecule has 0 spiro atoms. The first kappa shape index (κ1) is 19.5. The van der Waals surface area contributed by atoms with Gasteiger partial charge in [-0.25, -0.2) is 22.3 Å². The van der Waals surface area contributed by atoms with Gasteiger partial charge in [0.2, 0.25) is 0 Å². The summed E-state index contributed by atoms with van der Waals surface area (Å²) in [5.41, 5.74) is 4.71. The van der Waals surface area contributed by atoms with Gasteiger partial charge in [-0.2, -0.15) is 5.10 Å². The number of aryl methyl sites for hydroxylation is 2. The van der Waals surface area contributed by atoms with E-state index in [2.05, 4.69) is 22.1 Å². The molecule has 3 aliphatic rings. The maximum Gasteiger partial charge on any atom is 0.333 e. The third-order valence-electron chi connectivity index (χ3n) is 6.38. The number of pyridine rings is 1. The molecule has 2 unspecified atom stereocenters. The van der Waals surface area contributed by atoms with Crippen molar-refractivity contribution in [1.82, 2.24) is 19.5 Å². The van der Waals surface area contributed by atoms with Crippen LogP contribution in [0.1, 0.15) is 72.9 Å². The van der Waals surface area contributed by atoms with Crippen LogP contribution in [0.5, 0.6) is 0 Å². The number of fused-ring (bicyclic) bond motifs is 3. The van der Waals surface area contributed by atoms with E-state index < -0.39 is 22.2 Å². The number of carbonyl (C=O) groups is 1. The van der Waals surface area contributed by atoms with Gasteiger partial charge in [-0.15, -0.1) is 0 Å². The zero-order valence-electron chi connectivity index (χ0n) is 16.7. The predicted molar refractivity (Wildman–Crippen MR) is 108 cm³/mol. The van der Waals surface area contributed by atoms with Crippen LogP contribution in [-0.2, 0) is 35.8 Å². The molecule has 8 nitrogen and oxygen atoms in total. The number of urea groups is 1. The number of alkyl halides is 1. The molecule has 0 radical (unpaired) electrons. The summed E-state index contributed by atoms with van der Waals surface area (Å²) in [6, 6.07) is -0.844. The lowest BCUT2D eigenvalue weighted by Gasteiger charge is -2.19. The minimum atomic E-state index is -4.25. The Hall–Kier alpha value is -2.49. The van der Waals surface area contributed by atoms with E-state index >= 15 is 0 Å². The molecule has 2 aromatic heterocycles. The molecule has 0 fully saturated rings. The first-order valence-electron chi connectivity index (χ1n) is 10.4. The SMILES string of the molecule is CC1CCc2c1nc1c(c2NC(=O)NS(=O)(=O)c2cnn3c2C(F)CCC3)CCC1. The summed E-state index contributed by atoms with van der Waals surface area (Å²) in [7, 11) is -4.25. The van der Waals surface area contributed by atoms with Gasteiger partial charge in [0.25, 0.3) is 10.0 Å². The van der Waals surface area contributed by atoms with Gasteiger partial charge >= 0.3 is 6.03 Å². The van der Waals surface area contributed by atoms with Crippen molar-refractivity contribution in [1.29, 1.82) is 0 Å². The Balaban J connectivity index is 1.43. The number of nitrogens with zero attached hydrogens (tertiary/aromatic N) is 3. The highest BCUT2D eigenvalue weighted by molar-refractivity contribution is 7.90. The highest BCUT2D eigenvalue weighted by atomic mass is 32.2. The average Bonchev–Trinajstić information content (AvgIpc) is 3.40. The predicted octanol–water partition coefficient (Wildman–Crippen LogP) is 3.13. The van der Waals surface area contributed by atoms with Crippen molar-refractivity contribution in [2.45, 2.75) is 75.4 Å². The molecule has 0 bridgehead atoms. The van der Waals surface area contributed by atoms with Gasteiger partial charge < -0.3 is 5.32 Å². The Kier molecular flexibility index (Phi) is 4.57. The van der Waals surface area contributed by atoms with E-state index in [1.165, 1.54) is 4.68 Å². The van der Waals surface area contributed by atoms with E-state index in [0.29, 0.717) is 24.6 Å². The lowest BCUT2D eigenvalue weighted by molar-refractivity contribution is 0.253. The van der Waals surface area contributed by atoms with Crippen LogP contribution in [0.15, 0.2) is 11.1 Å². The van der Waals surface area contributed by atoms with Crippen molar-refractivity contribution in [3.63, 3.8) is 0 Å². The minimum absolute atomic E-state index is 0.0149. The summed E-state index contributed by atoms with van der Waals surface area (Å²) in [5.74, 6) is 0.318. The summed E-state index contributed by atoms with van der Waals surface area (Å²) in [6.45, 7) is 2.58. The van der Waals surface area contributed by atoms with Crippen molar-refractivity contribution in [3.8, 4) is 0 Å². The summed E-state index contributed by atoms with van der Waals surface area (Å²) in [4.78, 5) is 17.2. The van der Waals surface area contributed by atoms with E-state index in [4.69, 9.17) is 4.98 Å². The maximum atomic E-state index is 14.4. The Morgan fingerprint density at radius 2 is 2.03 bits per heavy atom. The van der Waals surface area contributed by atoms with Crippen LogP contribution in [0.4, 0.5) is 14.9 Å². The smallest absolute Gasteiger partial charge is 0.306 e. The second kappa shape index (κ2) is 7.04. The lowest BCUT2D eigenvalue weighted by atomic mass is 10.0. The zero-order valence-corrected chi connectivity index (χ0v) is 17.6. The molecule has 1 aliphatic heterocycles. The monoisotopic (exact) mass is 433 g/mol. The largest absolute Gasteiger partial charge is 0.333 e. The Morgan fingerprint density at radius 1 is 1.20 bits per heavy atom. The molecule has 0 saturated heterocycles. The molecular formula is C20H24FN5O3S. The maximum absolute atomic E-state index is 14.4. The Bertz CT molecular complexity index is 1140. The molecule has 2 N–H and O–H groups in total. The zero-order chi connectivity index (χ0) is 21.0. The van der Waals surface area contributed by atoms with Crippen molar-refractivity contribution >= 4 is 21.7 Å². The molecule has 30 heavy (non-hydrogen) atoms. The first-order chi connectivity index (χ1) is 14.3. The fourth-order valence-electron chi connectivity index (χ4n) is 4.90. The fourth-order valence-corrected chi connectivity index (χ4v) is 6.00. The highest BCUT2D eigenvalue weighted by Gasteiger charge is 2.33. The van der Waals surface area contributed by atoms with Gasteiger partial charge in [0.1, 0.15) is 11.1 Å². The summed E-state index contributed by atoms with van der Waals surface area (Å²) < 4.78 is 43.4. The number of nitrogens with one attached hydrogen (secondary N) is 2. The number of aromatic nitrogens is 3. The lowest BCUT2D eigenvalue weighted by Crippen LogP contribution is -2.35. The van der Waals surface area contributed by atoms with Gasteiger partial charge in [-0.1, -0.05) is 6.92 Å². The highest BCUT2D eigenvalue weighted by Crippen LogP contribution is 2.41. The molecule has 2 amide bonds. The second-order valence-corrected chi connectivity index (χ2v) is 10.0. The van der Waals surface area contributed by atoms with Gasteiger partial charge in [-0.3, -0.25) is 9.67 Å². The summed E-state index contributed by atoms with van der Waals surface area (Å²) in [6.07, 6.45) is 4.95. The molecule has 0 saturated carbocycles. The van der Waals surface area contributed by atoms with Crippen molar-refractivity contribution in [3.05, 3.63) is 34.4 Å². The number of carbonyl (C=O) groups excluding carboxylic acids is 1. The van der Waals surface area contributed by atoms with Crippen LogP contribution in [-0.4, -0.2) is 29.2 Å². The molecule has 5 rings (SSSR count). The van der Waals surface area contributed by atoms with Crippen molar-refractivity contribution in [2.75, 3.05) is 5.32 Å². The second-order valence-electron chi connectivity index (χ2n) is 8.36. The number of halogens is 1. The van der Waals surface area contributed by atoms with E-state index in [-0.39, 0.29) is 17.0 Å². The van der Waals surface area contributed by atoms with Crippen LogP contribution in [0, 0.1) is 0 Å². The van der Waals surface area contributed by atoms with E-state index in [1.54, 1.807) is 0 Å². The van der Waals surface area contributed by atoms with Crippen LogP contribution in [0.25, 0.3) is 0 Å². The molecule has 160 valence electrons. The standard InChI is InChI=1S/C20H24FN5O3S/c1-11-7-8-13-17(11)23-15-6-2-4-12(15)18(13)24-20(27)25-30(28,29)16-10-22-26-9-3-5-14(21)19(16)26/h10-11,14H,2-9H2,1H3,(H2,23,24,25,27). The molecule has 2 aliphatic carbocycles. The van der Waals surface area contributed by atoms with E-state index in [1.807, 2.05) is 0 Å². The van der Waals surface area contributed by atoms with Gasteiger partial charge in [0.05, 0.1) is 17.6 Å². The number of sulfonamides is 1. The molecular weight excluding hydrogens is 409 g/mol. The number of rotatable bonds is 3. The number of hydrogen-bond acceptors (Lipinski definition) is 5. The fraction of sp³-hybridized carbons (Fsp3) is 0.550. The summed E-state index contributed by atoms with van der Waals surface area (Å²) in [5, 5.41) is 6.77. The molecule has 2 atom stereocenters. The van der Waals surface area contributed by atoms with Crippen LogP contribution < -0.4 is 10.0 Å². The van der Waals surface area contributed by atoms with Gasteiger partial charge in [-0.05, 0) is 62.0 Å². The third kappa shape index (κ3) is 3.08. The van der Waals surface area contributed by atoms with Crippen molar-refractivity contribution < 1.29 is 17.6 Å². The first-order valence-corrected chi connectivity index (χ1v) is 11.9. The van der Waals surface area contributed by atoms with Crippen molar-refractivity contribution in [2.24, 2.45) is 0 Å². The number of amides is 2. The Labute approximate surface area is 174 Å². The molecule has 0 aromatic carbocycles. The topological polar surface area (TPSA) is 106 Å². The van der Waals surface area contributed by atoms with Crippen LogP contribution in [0.2, 0.25) is 0 Å². The van der Waals surface area contributed by atoms with Gasteiger partial charge in [0.15, 0.2) is 0 Å². The summed E-state index contributed by atoms with van der Waals surface area (Å²) >= 11 is 0. The molecule has 10 heteroatoms. The van der Waals surface area contributed by atoms with E-state index in [9.17, 15) is 17.6 Å². The quantitative estimate of drug-likeness (QED) is 0.774. The number of anilines is 1. The van der Waals surface area contributed by atoms with E-state index in [0.717, 1.165) is 60.8 Å².